The van der Waals surface area contributed by atoms with Crippen molar-refractivity contribution in [3.05, 3.63) is 17.6 Å². The van der Waals surface area contributed by atoms with Gasteiger partial charge >= 0.3 is 0 Å². The topological polar surface area (TPSA) is 55.0 Å². The van der Waals surface area contributed by atoms with Crippen LogP contribution < -0.4 is 10.6 Å². The van der Waals surface area contributed by atoms with E-state index in [1.54, 1.807) is 6.33 Å². The van der Waals surface area contributed by atoms with Gasteiger partial charge in [0.15, 0.2) is 0 Å². The third kappa shape index (κ3) is 4.16. The molecular weight excluding hydrogens is 260 g/mol. The molecule has 4 nitrogen and oxygen atoms in total. The Kier molecular flexibility index (Phi) is 5.57. The van der Waals surface area contributed by atoms with Crippen LogP contribution in [-0.4, -0.2) is 29.6 Å². The molecule has 0 spiro atoms. The minimum Gasteiger partial charge on any atom is -0.356 e. The van der Waals surface area contributed by atoms with Crippen molar-refractivity contribution in [2.75, 3.05) is 24.5 Å². The summed E-state index contributed by atoms with van der Waals surface area (Å²) in [7, 11) is 0. The van der Waals surface area contributed by atoms with Crippen LogP contribution in [0.2, 0.25) is 0 Å². The second kappa shape index (κ2) is 7.21. The lowest BCUT2D eigenvalue weighted by Crippen LogP contribution is -2.40. The summed E-state index contributed by atoms with van der Waals surface area (Å²) < 4.78 is 0. The Morgan fingerprint density at radius 1 is 1.19 bits per heavy atom. The van der Waals surface area contributed by atoms with Gasteiger partial charge in [-0.05, 0) is 44.1 Å². The molecule has 0 amide bonds. The second-order valence-corrected chi connectivity index (χ2v) is 6.97. The number of hydrogen-bond donors (Lipinski definition) is 1. The molecule has 1 aliphatic rings. The van der Waals surface area contributed by atoms with Crippen LogP contribution in [0.4, 0.5) is 5.82 Å². The van der Waals surface area contributed by atoms with Crippen LogP contribution in [0.15, 0.2) is 6.33 Å². The standard InChI is InChI=1S/C17H30N4/c1-4-10-21(12-17(2,3)11-18)16-14-8-6-5-7-9-15(14)19-13-20-16/h13H,4-12,18H2,1-3H3. The SMILES string of the molecule is CCCN(CC(C)(C)CN)c1ncnc2c1CCCCC2. The third-order valence-electron chi connectivity index (χ3n) is 4.32. The molecular formula is C17H30N4. The summed E-state index contributed by atoms with van der Waals surface area (Å²) in [5, 5.41) is 0. The van der Waals surface area contributed by atoms with E-state index in [1.165, 1.54) is 30.5 Å². The molecule has 0 aliphatic heterocycles. The zero-order chi connectivity index (χ0) is 15.3. The summed E-state index contributed by atoms with van der Waals surface area (Å²) in [5.41, 5.74) is 8.69. The van der Waals surface area contributed by atoms with Gasteiger partial charge < -0.3 is 10.6 Å². The van der Waals surface area contributed by atoms with E-state index in [0.29, 0.717) is 6.54 Å². The van der Waals surface area contributed by atoms with Crippen LogP contribution in [0.3, 0.4) is 0 Å². The minimum atomic E-state index is 0.109. The quantitative estimate of drug-likeness (QED) is 0.818. The molecule has 0 aromatic carbocycles. The average molecular weight is 290 g/mol. The van der Waals surface area contributed by atoms with Crippen molar-refractivity contribution in [1.29, 1.82) is 0 Å². The number of rotatable bonds is 6. The van der Waals surface area contributed by atoms with Gasteiger partial charge in [0.1, 0.15) is 12.1 Å². The fraction of sp³-hybridized carbons (Fsp3) is 0.765. The number of aromatic nitrogens is 2. The Morgan fingerprint density at radius 2 is 1.95 bits per heavy atom. The fourth-order valence-corrected chi connectivity index (χ4v) is 3.06. The molecule has 2 N–H and O–H groups in total. The number of nitrogens with zero attached hydrogens (tertiary/aromatic N) is 3. The molecule has 1 aromatic rings. The maximum Gasteiger partial charge on any atom is 0.135 e. The van der Waals surface area contributed by atoms with Crippen LogP contribution in [-0.2, 0) is 12.8 Å². The second-order valence-electron chi connectivity index (χ2n) is 6.97. The maximum absolute atomic E-state index is 5.93. The molecule has 21 heavy (non-hydrogen) atoms. The lowest BCUT2D eigenvalue weighted by molar-refractivity contribution is 0.376. The van der Waals surface area contributed by atoms with Gasteiger partial charge in [-0.3, -0.25) is 0 Å². The van der Waals surface area contributed by atoms with Crippen LogP contribution in [0.25, 0.3) is 0 Å². The molecule has 0 unspecified atom stereocenters. The Bertz CT molecular complexity index is 456. The van der Waals surface area contributed by atoms with E-state index < -0.39 is 0 Å². The molecule has 0 bridgehead atoms. The van der Waals surface area contributed by atoms with Gasteiger partial charge in [-0.2, -0.15) is 0 Å². The Morgan fingerprint density at radius 3 is 2.67 bits per heavy atom. The van der Waals surface area contributed by atoms with Gasteiger partial charge in [0.2, 0.25) is 0 Å². The Balaban J connectivity index is 2.31. The molecule has 1 aliphatic carbocycles. The number of nitrogens with two attached hydrogens (primary N) is 1. The molecule has 4 heteroatoms. The predicted octanol–water partition coefficient (Wildman–Crippen LogP) is 2.95. The van der Waals surface area contributed by atoms with E-state index in [1.807, 2.05) is 0 Å². The van der Waals surface area contributed by atoms with Gasteiger partial charge in [-0.15, -0.1) is 0 Å². The highest BCUT2D eigenvalue weighted by atomic mass is 15.2. The first-order chi connectivity index (χ1) is 10.1. The highest BCUT2D eigenvalue weighted by molar-refractivity contribution is 5.49. The largest absolute Gasteiger partial charge is 0.356 e. The summed E-state index contributed by atoms with van der Waals surface area (Å²) in [5.74, 6) is 1.16. The first-order valence-electron chi connectivity index (χ1n) is 8.35. The number of aryl methyl sites for hydroxylation is 1. The maximum atomic E-state index is 5.93. The van der Waals surface area contributed by atoms with E-state index in [0.717, 1.165) is 38.2 Å². The molecule has 2 rings (SSSR count). The number of fused-ring (bicyclic) bond motifs is 1. The normalized spacial score (nSPS) is 15.4. The molecule has 0 saturated carbocycles. The lowest BCUT2D eigenvalue weighted by atomic mass is 9.92. The smallest absolute Gasteiger partial charge is 0.135 e. The average Bonchev–Trinajstić information content (AvgIpc) is 2.71. The fourth-order valence-electron chi connectivity index (χ4n) is 3.06. The molecule has 0 radical (unpaired) electrons. The summed E-state index contributed by atoms with van der Waals surface area (Å²) in [6, 6.07) is 0. The first kappa shape index (κ1) is 16.2. The molecule has 0 fully saturated rings. The van der Waals surface area contributed by atoms with Crippen molar-refractivity contribution in [3.63, 3.8) is 0 Å². The van der Waals surface area contributed by atoms with E-state index in [2.05, 4.69) is 35.6 Å². The van der Waals surface area contributed by atoms with Crippen molar-refractivity contribution in [1.82, 2.24) is 9.97 Å². The lowest BCUT2D eigenvalue weighted by Gasteiger charge is -2.33. The number of hydrogen-bond acceptors (Lipinski definition) is 4. The van der Waals surface area contributed by atoms with Crippen molar-refractivity contribution < 1.29 is 0 Å². The van der Waals surface area contributed by atoms with E-state index in [9.17, 15) is 0 Å². The van der Waals surface area contributed by atoms with E-state index in [4.69, 9.17) is 5.73 Å². The van der Waals surface area contributed by atoms with Crippen LogP contribution >= 0.6 is 0 Å². The number of anilines is 1. The zero-order valence-electron chi connectivity index (χ0n) is 13.9. The van der Waals surface area contributed by atoms with Crippen LogP contribution in [0, 0.1) is 5.41 Å². The summed E-state index contributed by atoms with van der Waals surface area (Å²) in [4.78, 5) is 11.6. The zero-order valence-corrected chi connectivity index (χ0v) is 13.9. The van der Waals surface area contributed by atoms with Gasteiger partial charge in [0, 0.05) is 24.3 Å². The molecule has 1 heterocycles. The van der Waals surface area contributed by atoms with Crippen molar-refractivity contribution in [2.45, 2.75) is 59.3 Å². The van der Waals surface area contributed by atoms with Gasteiger partial charge in [0.25, 0.3) is 0 Å². The summed E-state index contributed by atoms with van der Waals surface area (Å²) >= 11 is 0. The third-order valence-corrected chi connectivity index (χ3v) is 4.32. The molecule has 118 valence electrons. The monoisotopic (exact) mass is 290 g/mol. The highest BCUT2D eigenvalue weighted by Crippen LogP contribution is 2.28. The van der Waals surface area contributed by atoms with Gasteiger partial charge in [-0.25, -0.2) is 9.97 Å². The van der Waals surface area contributed by atoms with E-state index in [-0.39, 0.29) is 5.41 Å². The van der Waals surface area contributed by atoms with E-state index >= 15 is 0 Å². The summed E-state index contributed by atoms with van der Waals surface area (Å²) in [6.07, 6.45) is 8.91. The van der Waals surface area contributed by atoms with Crippen molar-refractivity contribution in [2.24, 2.45) is 11.1 Å². The Hall–Kier alpha value is -1.16. The molecule has 0 atom stereocenters. The minimum absolute atomic E-state index is 0.109. The Labute approximate surface area is 129 Å². The van der Waals surface area contributed by atoms with Crippen LogP contribution in [0.1, 0.15) is 57.7 Å². The molecule has 0 saturated heterocycles. The first-order valence-corrected chi connectivity index (χ1v) is 8.35. The molecule has 1 aromatic heterocycles. The van der Waals surface area contributed by atoms with Crippen molar-refractivity contribution in [3.8, 4) is 0 Å². The summed E-state index contributed by atoms with van der Waals surface area (Å²) in [6.45, 7) is 9.38. The van der Waals surface area contributed by atoms with Crippen molar-refractivity contribution >= 4 is 5.82 Å². The van der Waals surface area contributed by atoms with Crippen LogP contribution in [0.5, 0.6) is 0 Å². The van der Waals surface area contributed by atoms with Gasteiger partial charge in [-0.1, -0.05) is 27.2 Å². The highest BCUT2D eigenvalue weighted by Gasteiger charge is 2.24. The van der Waals surface area contributed by atoms with Gasteiger partial charge in [0.05, 0.1) is 0 Å². The predicted molar refractivity (Wildman–Crippen MR) is 88.6 cm³/mol.